The Hall–Kier alpha value is -3.38. The van der Waals surface area contributed by atoms with E-state index in [-0.39, 0.29) is 24.7 Å². The summed E-state index contributed by atoms with van der Waals surface area (Å²) in [5.74, 6) is -1.03. The number of carbonyl (C=O) groups is 4. The number of hydrogen-bond donors (Lipinski definition) is 2. The zero-order valence-electron chi connectivity index (χ0n) is 24.8. The molecular weight excluding hydrogens is 580 g/mol. The van der Waals surface area contributed by atoms with Crippen molar-refractivity contribution >= 4 is 45.7 Å². The van der Waals surface area contributed by atoms with Gasteiger partial charge in [-0.3, -0.25) is 0 Å². The fraction of sp³-hybridized carbons (Fsp3) is 0.467. The third-order valence-corrected chi connectivity index (χ3v) is 7.37. The molecule has 2 rings (SSSR count). The van der Waals surface area contributed by atoms with Gasteiger partial charge >= 0.3 is 24.1 Å². The summed E-state index contributed by atoms with van der Waals surface area (Å²) in [6.07, 6.45) is -1.54. The Balaban J connectivity index is 1.96. The summed E-state index contributed by atoms with van der Waals surface area (Å²) in [5, 5.41) is 5.13. The first-order chi connectivity index (χ1) is 19.7. The van der Waals surface area contributed by atoms with E-state index < -0.39 is 47.4 Å². The van der Waals surface area contributed by atoms with Gasteiger partial charge in [0, 0.05) is 11.5 Å². The molecule has 2 amide bonds. The maximum Gasteiger partial charge on any atom is 0.408 e. The minimum absolute atomic E-state index is 0.0409. The monoisotopic (exact) mass is 620 g/mol. The summed E-state index contributed by atoms with van der Waals surface area (Å²) in [6, 6.07) is 16.3. The molecule has 0 saturated heterocycles. The minimum atomic E-state index is -1.02. The first-order valence-corrected chi connectivity index (χ1v) is 15.9. The highest BCUT2D eigenvalue weighted by Crippen LogP contribution is 2.25. The first-order valence-electron chi connectivity index (χ1n) is 13.4. The van der Waals surface area contributed by atoms with E-state index in [1.807, 2.05) is 60.7 Å². The van der Waals surface area contributed by atoms with Crippen LogP contribution in [0.1, 0.15) is 52.7 Å². The molecule has 0 aliphatic carbocycles. The highest BCUT2D eigenvalue weighted by atomic mass is 33.1. The van der Waals surface area contributed by atoms with Crippen LogP contribution in [0, 0.1) is 0 Å². The largest absolute Gasteiger partial charge is 0.458 e. The minimum Gasteiger partial charge on any atom is -0.458 e. The van der Waals surface area contributed by atoms with Gasteiger partial charge in [0.1, 0.15) is 36.5 Å². The van der Waals surface area contributed by atoms with Gasteiger partial charge in [-0.15, -0.1) is 0 Å². The number of benzene rings is 2. The van der Waals surface area contributed by atoms with Gasteiger partial charge in [0.2, 0.25) is 0 Å². The quantitative estimate of drug-likeness (QED) is 0.126. The smallest absolute Gasteiger partial charge is 0.408 e. The number of alkyl carbamates (subject to hydrolysis) is 2. The molecule has 2 aromatic rings. The van der Waals surface area contributed by atoms with Crippen LogP contribution in [0.2, 0.25) is 0 Å². The molecule has 10 nitrogen and oxygen atoms in total. The molecule has 2 unspecified atom stereocenters. The van der Waals surface area contributed by atoms with E-state index >= 15 is 0 Å². The van der Waals surface area contributed by atoms with Gasteiger partial charge < -0.3 is 29.6 Å². The average molecular weight is 621 g/mol. The van der Waals surface area contributed by atoms with E-state index in [0.29, 0.717) is 0 Å². The highest BCUT2D eigenvalue weighted by Gasteiger charge is 2.30. The van der Waals surface area contributed by atoms with Crippen molar-refractivity contribution in [1.82, 2.24) is 10.6 Å². The molecule has 0 spiro atoms. The van der Waals surface area contributed by atoms with E-state index in [1.54, 1.807) is 41.5 Å². The average Bonchev–Trinajstić information content (AvgIpc) is 2.91. The Bertz CT molecular complexity index is 1060. The van der Waals surface area contributed by atoms with Crippen LogP contribution in [-0.2, 0) is 41.8 Å². The molecule has 42 heavy (non-hydrogen) atoms. The van der Waals surface area contributed by atoms with E-state index in [0.717, 1.165) is 11.1 Å². The van der Waals surface area contributed by atoms with Crippen LogP contribution in [0.25, 0.3) is 0 Å². The second kappa shape index (κ2) is 16.9. The zero-order valence-corrected chi connectivity index (χ0v) is 26.5. The normalized spacial score (nSPS) is 12.8. The SMILES string of the molecule is CC(C)(C)OC(=O)C(CSSCC(NC(=O)OCc1ccccc1)C(=O)OC(C)(C)C)NC(=O)OCc1ccccc1. The van der Waals surface area contributed by atoms with Crippen molar-refractivity contribution < 1.29 is 38.1 Å². The molecule has 2 atom stereocenters. The molecule has 0 aromatic heterocycles. The molecule has 0 fully saturated rings. The van der Waals surface area contributed by atoms with Gasteiger partial charge in [-0.25, -0.2) is 19.2 Å². The first kappa shape index (κ1) is 34.8. The maximum absolute atomic E-state index is 12.8. The van der Waals surface area contributed by atoms with E-state index in [4.69, 9.17) is 18.9 Å². The summed E-state index contributed by atoms with van der Waals surface area (Å²) in [7, 11) is 2.44. The number of ether oxygens (including phenoxy) is 4. The summed E-state index contributed by atoms with van der Waals surface area (Å²) in [5.41, 5.74) is 0.0622. The van der Waals surface area contributed by atoms with Crippen LogP contribution in [0.4, 0.5) is 9.59 Å². The third-order valence-electron chi connectivity index (χ3n) is 4.95. The fourth-order valence-corrected chi connectivity index (χ4v) is 5.43. The zero-order chi connectivity index (χ0) is 31.2. The van der Waals surface area contributed by atoms with Crippen LogP contribution < -0.4 is 10.6 Å². The summed E-state index contributed by atoms with van der Waals surface area (Å²) < 4.78 is 21.5. The van der Waals surface area contributed by atoms with Crippen LogP contribution >= 0.6 is 21.6 Å². The Labute approximate surface area is 255 Å². The second-order valence-electron chi connectivity index (χ2n) is 11.2. The van der Waals surface area contributed by atoms with E-state index in [1.165, 1.54) is 21.6 Å². The van der Waals surface area contributed by atoms with E-state index in [2.05, 4.69) is 10.6 Å². The summed E-state index contributed by atoms with van der Waals surface area (Å²) in [6.45, 7) is 10.4. The Morgan fingerprint density at radius 2 is 0.952 bits per heavy atom. The van der Waals surface area contributed by atoms with E-state index in [9.17, 15) is 19.2 Å². The number of carbonyl (C=O) groups excluding carboxylic acids is 4. The topological polar surface area (TPSA) is 129 Å². The van der Waals surface area contributed by atoms with Crippen LogP contribution in [-0.4, -0.2) is 58.9 Å². The number of nitrogens with one attached hydrogen (secondary N) is 2. The van der Waals surface area contributed by atoms with Crippen molar-refractivity contribution in [1.29, 1.82) is 0 Å². The van der Waals surface area contributed by atoms with Gasteiger partial charge in [0.15, 0.2) is 0 Å². The van der Waals surface area contributed by atoms with Crippen molar-refractivity contribution in [2.45, 2.75) is 78.0 Å². The predicted octanol–water partition coefficient (Wildman–Crippen LogP) is 5.64. The molecule has 2 N–H and O–H groups in total. The highest BCUT2D eigenvalue weighted by molar-refractivity contribution is 8.76. The molecule has 0 saturated carbocycles. The fourth-order valence-electron chi connectivity index (χ4n) is 3.13. The molecule has 0 aliphatic heterocycles. The maximum atomic E-state index is 12.8. The van der Waals surface area contributed by atoms with Gasteiger partial charge in [-0.2, -0.15) is 0 Å². The molecule has 230 valence electrons. The van der Waals surface area contributed by atoms with Crippen molar-refractivity contribution in [3.05, 3.63) is 71.8 Å². The second-order valence-corrected chi connectivity index (χ2v) is 13.7. The van der Waals surface area contributed by atoms with Crippen molar-refractivity contribution in [3.8, 4) is 0 Å². The van der Waals surface area contributed by atoms with Crippen LogP contribution in [0.5, 0.6) is 0 Å². The van der Waals surface area contributed by atoms with Crippen LogP contribution in [0.15, 0.2) is 60.7 Å². The Kier molecular flexibility index (Phi) is 14.0. The van der Waals surface area contributed by atoms with Gasteiger partial charge in [0.25, 0.3) is 0 Å². The lowest BCUT2D eigenvalue weighted by molar-refractivity contribution is -0.157. The lowest BCUT2D eigenvalue weighted by atomic mass is 10.2. The van der Waals surface area contributed by atoms with Gasteiger partial charge in [-0.05, 0) is 52.7 Å². The van der Waals surface area contributed by atoms with Gasteiger partial charge in [0.05, 0.1) is 0 Å². The standard InChI is InChI=1S/C30H40N2O8S2/c1-29(2,3)39-25(33)23(31-27(35)37-17-21-13-9-7-10-14-21)19-41-42-20-24(26(34)40-30(4,5)6)32-28(36)38-18-22-15-11-8-12-16-22/h7-16,23-24H,17-20H2,1-6H3,(H,31,35)(H,32,36). The Morgan fingerprint density at radius 1 is 0.619 bits per heavy atom. The molecule has 0 heterocycles. The number of rotatable bonds is 13. The lowest BCUT2D eigenvalue weighted by Crippen LogP contribution is -2.46. The summed E-state index contributed by atoms with van der Waals surface area (Å²) in [4.78, 5) is 50.6. The lowest BCUT2D eigenvalue weighted by Gasteiger charge is -2.25. The molecule has 0 bridgehead atoms. The van der Waals surface area contributed by atoms with Crippen molar-refractivity contribution in [2.75, 3.05) is 11.5 Å². The summed E-state index contributed by atoms with van der Waals surface area (Å²) >= 11 is 0. The predicted molar refractivity (Wildman–Crippen MR) is 164 cm³/mol. The molecular formula is C30H40N2O8S2. The Morgan fingerprint density at radius 3 is 1.26 bits per heavy atom. The molecule has 0 aliphatic rings. The van der Waals surface area contributed by atoms with Crippen molar-refractivity contribution in [3.63, 3.8) is 0 Å². The van der Waals surface area contributed by atoms with Crippen LogP contribution in [0.3, 0.4) is 0 Å². The van der Waals surface area contributed by atoms with Gasteiger partial charge in [-0.1, -0.05) is 82.3 Å². The number of esters is 2. The third kappa shape index (κ3) is 15.0. The molecule has 0 radical (unpaired) electrons. The van der Waals surface area contributed by atoms with Crippen molar-refractivity contribution in [2.24, 2.45) is 0 Å². The molecule has 2 aromatic carbocycles. The number of amides is 2. The number of hydrogen-bond acceptors (Lipinski definition) is 10. The molecule has 12 heteroatoms.